The number of fused-ring (bicyclic) bond motifs is 1. The molecule has 4 nitrogen and oxygen atoms in total. The van der Waals surface area contributed by atoms with Crippen molar-refractivity contribution < 1.29 is 14.3 Å². The monoisotopic (exact) mass is 343 g/mol. The Balaban J connectivity index is 1.54. The summed E-state index contributed by atoms with van der Waals surface area (Å²) in [4.78, 5) is 14.0. The van der Waals surface area contributed by atoms with Crippen molar-refractivity contribution in [1.82, 2.24) is 5.32 Å². The lowest BCUT2D eigenvalue weighted by atomic mass is 9.96. The van der Waals surface area contributed by atoms with Crippen LogP contribution in [0.1, 0.15) is 47.0 Å². The summed E-state index contributed by atoms with van der Waals surface area (Å²) in [7, 11) is 0. The maximum atomic E-state index is 12.8. The molecular formula is C19H21NO3S. The topological polar surface area (TPSA) is 47.6 Å². The second kappa shape index (κ2) is 6.85. The van der Waals surface area contributed by atoms with Gasteiger partial charge in [0.1, 0.15) is 13.2 Å². The van der Waals surface area contributed by atoms with Crippen LogP contribution in [0, 0.1) is 5.92 Å². The summed E-state index contributed by atoms with van der Waals surface area (Å²) in [6, 6.07) is 9.69. The molecule has 1 aliphatic carbocycles. The lowest BCUT2D eigenvalue weighted by Gasteiger charge is -2.24. The molecule has 1 saturated carbocycles. The van der Waals surface area contributed by atoms with Crippen LogP contribution < -0.4 is 14.8 Å². The molecule has 1 aliphatic heterocycles. The van der Waals surface area contributed by atoms with Crippen LogP contribution in [0.2, 0.25) is 0 Å². The fourth-order valence-electron chi connectivity index (χ4n) is 3.59. The highest BCUT2D eigenvalue weighted by Crippen LogP contribution is 2.38. The molecule has 0 saturated heterocycles. The first-order valence-corrected chi connectivity index (χ1v) is 9.43. The Hall–Kier alpha value is -2.01. The van der Waals surface area contributed by atoms with Gasteiger partial charge in [-0.15, -0.1) is 11.3 Å². The van der Waals surface area contributed by atoms with Gasteiger partial charge in [-0.1, -0.05) is 18.9 Å². The predicted molar refractivity (Wildman–Crippen MR) is 93.9 cm³/mol. The molecule has 1 fully saturated rings. The van der Waals surface area contributed by atoms with Crippen molar-refractivity contribution in [2.24, 2.45) is 5.92 Å². The van der Waals surface area contributed by atoms with Crippen molar-refractivity contribution in [3.05, 3.63) is 46.2 Å². The number of benzene rings is 1. The molecule has 126 valence electrons. The molecule has 24 heavy (non-hydrogen) atoms. The first-order valence-electron chi connectivity index (χ1n) is 8.55. The van der Waals surface area contributed by atoms with E-state index in [1.165, 1.54) is 30.6 Å². The molecule has 0 unspecified atom stereocenters. The van der Waals surface area contributed by atoms with E-state index >= 15 is 0 Å². The van der Waals surface area contributed by atoms with E-state index in [0.717, 1.165) is 0 Å². The van der Waals surface area contributed by atoms with E-state index in [9.17, 15) is 4.79 Å². The van der Waals surface area contributed by atoms with Gasteiger partial charge in [0.05, 0.1) is 6.04 Å². The van der Waals surface area contributed by atoms with Crippen molar-refractivity contribution >= 4 is 17.2 Å². The van der Waals surface area contributed by atoms with Crippen LogP contribution in [0.3, 0.4) is 0 Å². The minimum absolute atomic E-state index is 0.0442. The second-order valence-electron chi connectivity index (χ2n) is 6.37. The van der Waals surface area contributed by atoms with Crippen LogP contribution in [-0.2, 0) is 0 Å². The second-order valence-corrected chi connectivity index (χ2v) is 7.35. The Morgan fingerprint density at radius 3 is 2.67 bits per heavy atom. The highest BCUT2D eigenvalue weighted by Gasteiger charge is 2.29. The fourth-order valence-corrected chi connectivity index (χ4v) is 4.46. The van der Waals surface area contributed by atoms with E-state index in [0.29, 0.717) is 36.2 Å². The van der Waals surface area contributed by atoms with Crippen LogP contribution >= 0.6 is 11.3 Å². The van der Waals surface area contributed by atoms with Gasteiger partial charge in [0.25, 0.3) is 5.91 Å². The molecule has 0 spiro atoms. The molecule has 1 aromatic heterocycles. The van der Waals surface area contributed by atoms with Gasteiger partial charge in [-0.05, 0) is 48.4 Å². The van der Waals surface area contributed by atoms with Crippen LogP contribution in [0.4, 0.5) is 0 Å². The van der Waals surface area contributed by atoms with Gasteiger partial charge in [-0.2, -0.15) is 0 Å². The van der Waals surface area contributed by atoms with Crippen molar-refractivity contribution in [3.63, 3.8) is 0 Å². The standard InChI is InChI=1S/C19H21NO3S/c21-19(14-7-8-15-16(12-14)23-10-9-22-15)20-18(13-4-1-2-5-13)17-6-3-11-24-17/h3,6-8,11-13,18H,1-2,4-5,9-10H2,(H,20,21)/t18-/m1/s1. The average Bonchev–Trinajstić information content (AvgIpc) is 3.33. The quantitative estimate of drug-likeness (QED) is 0.906. The number of amides is 1. The number of ether oxygens (including phenoxy) is 2. The molecule has 1 N–H and O–H groups in total. The average molecular weight is 343 g/mol. The van der Waals surface area contributed by atoms with Gasteiger partial charge in [0.2, 0.25) is 0 Å². The largest absolute Gasteiger partial charge is 0.486 e. The number of thiophene rings is 1. The third-order valence-electron chi connectivity index (χ3n) is 4.81. The maximum absolute atomic E-state index is 12.8. The zero-order valence-electron chi connectivity index (χ0n) is 13.5. The summed E-state index contributed by atoms with van der Waals surface area (Å²) in [5.74, 6) is 1.85. The Morgan fingerprint density at radius 1 is 1.12 bits per heavy atom. The van der Waals surface area contributed by atoms with Gasteiger partial charge in [-0.25, -0.2) is 0 Å². The number of hydrogen-bond donors (Lipinski definition) is 1. The lowest BCUT2D eigenvalue weighted by Crippen LogP contribution is -2.32. The number of nitrogens with one attached hydrogen (secondary N) is 1. The number of carbonyl (C=O) groups excluding carboxylic acids is 1. The molecule has 0 bridgehead atoms. The van der Waals surface area contributed by atoms with E-state index < -0.39 is 0 Å². The minimum Gasteiger partial charge on any atom is -0.486 e. The summed E-state index contributed by atoms with van der Waals surface area (Å²) >= 11 is 1.72. The fraction of sp³-hybridized carbons (Fsp3) is 0.421. The SMILES string of the molecule is O=C(N[C@@H](c1cccs1)C1CCCC1)c1ccc2c(c1)OCCO2. The van der Waals surface area contributed by atoms with E-state index in [1.54, 1.807) is 17.4 Å². The molecule has 2 heterocycles. The van der Waals surface area contributed by atoms with Crippen molar-refractivity contribution in [2.45, 2.75) is 31.7 Å². The summed E-state index contributed by atoms with van der Waals surface area (Å²) in [6.45, 7) is 1.08. The third-order valence-corrected chi connectivity index (χ3v) is 5.77. The summed E-state index contributed by atoms with van der Waals surface area (Å²) in [5.41, 5.74) is 0.624. The summed E-state index contributed by atoms with van der Waals surface area (Å²) in [6.07, 6.45) is 4.88. The minimum atomic E-state index is -0.0442. The zero-order valence-corrected chi connectivity index (χ0v) is 14.3. The third kappa shape index (κ3) is 3.13. The smallest absolute Gasteiger partial charge is 0.251 e. The molecular weight excluding hydrogens is 322 g/mol. The van der Waals surface area contributed by atoms with Gasteiger partial charge in [0, 0.05) is 10.4 Å². The van der Waals surface area contributed by atoms with E-state index in [1.807, 2.05) is 12.1 Å². The van der Waals surface area contributed by atoms with Gasteiger partial charge >= 0.3 is 0 Å². The Labute approximate surface area is 145 Å². The Morgan fingerprint density at radius 2 is 1.92 bits per heavy atom. The number of carbonyl (C=O) groups is 1. The van der Waals surface area contributed by atoms with Crippen LogP contribution in [0.5, 0.6) is 11.5 Å². The lowest BCUT2D eigenvalue weighted by molar-refractivity contribution is 0.0921. The Kier molecular flexibility index (Phi) is 4.43. The molecule has 1 aromatic carbocycles. The van der Waals surface area contributed by atoms with Crippen LogP contribution in [-0.4, -0.2) is 19.1 Å². The highest BCUT2D eigenvalue weighted by molar-refractivity contribution is 7.10. The summed E-state index contributed by atoms with van der Waals surface area (Å²) in [5, 5.41) is 5.34. The van der Waals surface area contributed by atoms with Gasteiger partial charge in [-0.3, -0.25) is 4.79 Å². The molecule has 0 radical (unpaired) electrons. The maximum Gasteiger partial charge on any atom is 0.251 e. The van der Waals surface area contributed by atoms with Gasteiger partial charge in [0.15, 0.2) is 11.5 Å². The molecule has 5 heteroatoms. The Bertz CT molecular complexity index is 707. The summed E-state index contributed by atoms with van der Waals surface area (Å²) < 4.78 is 11.1. The van der Waals surface area contributed by atoms with E-state index in [-0.39, 0.29) is 11.9 Å². The van der Waals surface area contributed by atoms with Crippen molar-refractivity contribution in [3.8, 4) is 11.5 Å². The van der Waals surface area contributed by atoms with Gasteiger partial charge < -0.3 is 14.8 Å². The van der Waals surface area contributed by atoms with Crippen LogP contribution in [0.15, 0.2) is 35.7 Å². The predicted octanol–water partition coefficient (Wildman–Crippen LogP) is 4.18. The molecule has 1 amide bonds. The van der Waals surface area contributed by atoms with Crippen molar-refractivity contribution in [1.29, 1.82) is 0 Å². The molecule has 4 rings (SSSR count). The molecule has 1 atom stereocenters. The molecule has 2 aliphatic rings. The number of hydrogen-bond acceptors (Lipinski definition) is 4. The first kappa shape index (κ1) is 15.5. The number of rotatable bonds is 4. The first-order chi connectivity index (χ1) is 11.8. The zero-order chi connectivity index (χ0) is 16.4. The van der Waals surface area contributed by atoms with E-state index in [2.05, 4.69) is 22.8 Å². The van der Waals surface area contributed by atoms with E-state index in [4.69, 9.17) is 9.47 Å². The normalized spacial score (nSPS) is 18.3. The van der Waals surface area contributed by atoms with Crippen LogP contribution in [0.25, 0.3) is 0 Å². The van der Waals surface area contributed by atoms with Crippen molar-refractivity contribution in [2.75, 3.05) is 13.2 Å². The molecule has 2 aromatic rings. The highest BCUT2D eigenvalue weighted by atomic mass is 32.1.